The molecule has 0 radical (unpaired) electrons. The first-order valence-corrected chi connectivity index (χ1v) is 7.34. The van der Waals surface area contributed by atoms with Gasteiger partial charge in [-0.2, -0.15) is 0 Å². The predicted molar refractivity (Wildman–Crippen MR) is 85.6 cm³/mol. The van der Waals surface area contributed by atoms with Crippen molar-refractivity contribution in [3.05, 3.63) is 60.4 Å². The van der Waals surface area contributed by atoms with Crippen LogP contribution in [0, 0.1) is 5.82 Å². The molecule has 0 saturated carbocycles. The maximum atomic E-state index is 13.5. The molecule has 2 aromatic carbocycles. The summed E-state index contributed by atoms with van der Waals surface area (Å²) in [6.07, 6.45) is 0.875. The monoisotopic (exact) mass is 299 g/mol. The van der Waals surface area contributed by atoms with E-state index in [0.29, 0.717) is 0 Å². The average Bonchev–Trinajstić information content (AvgIpc) is 2.99. The van der Waals surface area contributed by atoms with Gasteiger partial charge in [-0.05, 0) is 30.7 Å². The average molecular weight is 299 g/mol. The fraction of sp³-hybridized carbons (Fsp3) is 0.235. The number of carbonyl (C=O) groups excluding carboxylic acids is 1. The van der Waals surface area contributed by atoms with Gasteiger partial charge in [-0.25, -0.2) is 9.18 Å². The number of halogens is 1. The summed E-state index contributed by atoms with van der Waals surface area (Å²) in [5.74, 6) is -0.435. The van der Waals surface area contributed by atoms with E-state index in [1.54, 1.807) is 18.2 Å². The van der Waals surface area contributed by atoms with E-state index >= 15 is 0 Å². The number of urea groups is 1. The molecule has 0 aliphatic carbocycles. The topological polar surface area (TPSA) is 44.4 Å². The number of nitrogens with one attached hydrogen (secondary N) is 2. The number of benzene rings is 2. The highest BCUT2D eigenvalue weighted by atomic mass is 19.1. The quantitative estimate of drug-likeness (QED) is 0.914. The van der Waals surface area contributed by atoms with Gasteiger partial charge in [-0.15, -0.1) is 0 Å². The van der Waals surface area contributed by atoms with Crippen molar-refractivity contribution in [3.63, 3.8) is 0 Å². The van der Waals surface area contributed by atoms with Gasteiger partial charge in [0.2, 0.25) is 0 Å². The van der Waals surface area contributed by atoms with Crippen LogP contribution >= 0.6 is 0 Å². The number of carbonyl (C=O) groups is 1. The first-order chi connectivity index (χ1) is 10.7. The standard InChI is InChI=1S/C17H18FN3O/c18-15-8-4-5-9-16(15)20-17(22)19-13-10-11-21(12-13)14-6-2-1-3-7-14/h1-9,13H,10-12H2,(H2,19,20,22). The Kier molecular flexibility index (Phi) is 4.23. The summed E-state index contributed by atoms with van der Waals surface area (Å²) in [5.41, 5.74) is 1.35. The molecule has 1 heterocycles. The van der Waals surface area contributed by atoms with Crippen LogP contribution in [-0.2, 0) is 0 Å². The van der Waals surface area contributed by atoms with Gasteiger partial charge in [0.25, 0.3) is 0 Å². The summed E-state index contributed by atoms with van der Waals surface area (Å²) in [6.45, 7) is 1.66. The van der Waals surface area contributed by atoms with Gasteiger partial charge in [-0.1, -0.05) is 30.3 Å². The maximum Gasteiger partial charge on any atom is 0.319 e. The van der Waals surface area contributed by atoms with Crippen molar-refractivity contribution in [3.8, 4) is 0 Å². The van der Waals surface area contributed by atoms with Crippen molar-refractivity contribution >= 4 is 17.4 Å². The lowest BCUT2D eigenvalue weighted by molar-refractivity contribution is 0.249. The fourth-order valence-electron chi connectivity index (χ4n) is 2.66. The van der Waals surface area contributed by atoms with E-state index in [1.807, 2.05) is 18.2 Å². The van der Waals surface area contributed by atoms with E-state index in [9.17, 15) is 9.18 Å². The summed E-state index contributed by atoms with van der Waals surface area (Å²) in [5, 5.41) is 5.44. The molecule has 0 spiro atoms. The van der Waals surface area contributed by atoms with Crippen LogP contribution < -0.4 is 15.5 Å². The molecule has 1 aliphatic heterocycles. The molecular formula is C17H18FN3O. The second kappa shape index (κ2) is 6.47. The molecule has 4 nitrogen and oxygen atoms in total. The predicted octanol–water partition coefficient (Wildman–Crippen LogP) is 3.23. The largest absolute Gasteiger partial charge is 0.369 e. The molecule has 1 saturated heterocycles. The minimum Gasteiger partial charge on any atom is -0.369 e. The van der Waals surface area contributed by atoms with Gasteiger partial charge in [-0.3, -0.25) is 0 Å². The van der Waals surface area contributed by atoms with Gasteiger partial charge in [0.05, 0.1) is 5.69 Å². The zero-order valence-electron chi connectivity index (χ0n) is 12.1. The molecule has 0 bridgehead atoms. The van der Waals surface area contributed by atoms with Gasteiger partial charge < -0.3 is 15.5 Å². The molecule has 0 aromatic heterocycles. The van der Waals surface area contributed by atoms with Crippen molar-refractivity contribution in [1.29, 1.82) is 0 Å². The molecule has 3 rings (SSSR count). The highest BCUT2D eigenvalue weighted by Gasteiger charge is 2.24. The third-order valence-corrected chi connectivity index (χ3v) is 3.77. The molecule has 1 atom stereocenters. The summed E-state index contributed by atoms with van der Waals surface area (Å²) in [4.78, 5) is 14.2. The van der Waals surface area contributed by atoms with Gasteiger partial charge in [0.15, 0.2) is 0 Å². The van der Waals surface area contributed by atoms with E-state index in [-0.39, 0.29) is 17.8 Å². The molecular weight excluding hydrogens is 281 g/mol. The zero-order chi connectivity index (χ0) is 15.4. The van der Waals surface area contributed by atoms with Crippen molar-refractivity contribution in [2.45, 2.75) is 12.5 Å². The van der Waals surface area contributed by atoms with Crippen LogP contribution in [0.15, 0.2) is 54.6 Å². The van der Waals surface area contributed by atoms with Gasteiger partial charge >= 0.3 is 6.03 Å². The van der Waals surface area contributed by atoms with Crippen LogP contribution in [0.4, 0.5) is 20.6 Å². The Morgan fingerprint density at radius 3 is 2.59 bits per heavy atom. The molecule has 2 amide bonds. The Hall–Kier alpha value is -2.56. The van der Waals surface area contributed by atoms with Gasteiger partial charge in [0, 0.05) is 24.8 Å². The summed E-state index contributed by atoms with van der Waals surface area (Å²) >= 11 is 0. The smallest absolute Gasteiger partial charge is 0.319 e. The van der Waals surface area contributed by atoms with Gasteiger partial charge in [0.1, 0.15) is 5.82 Å². The van der Waals surface area contributed by atoms with Crippen LogP contribution in [0.2, 0.25) is 0 Å². The first-order valence-electron chi connectivity index (χ1n) is 7.34. The van der Waals surface area contributed by atoms with Crippen LogP contribution in [0.3, 0.4) is 0 Å². The maximum absolute atomic E-state index is 13.5. The van der Waals surface area contributed by atoms with Crippen molar-refractivity contribution < 1.29 is 9.18 Å². The fourth-order valence-corrected chi connectivity index (χ4v) is 2.66. The molecule has 1 fully saturated rings. The number of anilines is 2. The summed E-state index contributed by atoms with van der Waals surface area (Å²) in [6, 6.07) is 15.9. The van der Waals surface area contributed by atoms with Crippen LogP contribution in [0.5, 0.6) is 0 Å². The van der Waals surface area contributed by atoms with E-state index in [4.69, 9.17) is 0 Å². The van der Waals surface area contributed by atoms with E-state index in [0.717, 1.165) is 25.2 Å². The molecule has 114 valence electrons. The highest BCUT2D eigenvalue weighted by molar-refractivity contribution is 5.89. The number of nitrogens with zero attached hydrogens (tertiary/aromatic N) is 1. The minimum atomic E-state index is -0.435. The number of amides is 2. The second-order valence-corrected chi connectivity index (χ2v) is 5.35. The summed E-state index contributed by atoms with van der Waals surface area (Å²) < 4.78 is 13.5. The third kappa shape index (κ3) is 3.36. The van der Waals surface area contributed by atoms with Crippen LogP contribution in [0.1, 0.15) is 6.42 Å². The zero-order valence-corrected chi connectivity index (χ0v) is 12.1. The van der Waals surface area contributed by atoms with E-state index < -0.39 is 5.82 Å². The molecule has 2 N–H and O–H groups in total. The Bertz CT molecular complexity index is 647. The lowest BCUT2D eigenvalue weighted by atomic mass is 10.2. The van der Waals surface area contributed by atoms with Crippen LogP contribution in [0.25, 0.3) is 0 Å². The van der Waals surface area contributed by atoms with Crippen LogP contribution in [-0.4, -0.2) is 25.2 Å². The van der Waals surface area contributed by atoms with Crippen molar-refractivity contribution in [2.24, 2.45) is 0 Å². The number of hydrogen-bond donors (Lipinski definition) is 2. The minimum absolute atomic E-state index is 0.0620. The number of rotatable bonds is 3. The Morgan fingerprint density at radius 1 is 1.09 bits per heavy atom. The Balaban J connectivity index is 1.54. The van der Waals surface area contributed by atoms with Crippen molar-refractivity contribution in [2.75, 3.05) is 23.3 Å². The van der Waals surface area contributed by atoms with E-state index in [2.05, 4.69) is 27.7 Å². The molecule has 1 aliphatic rings. The number of para-hydroxylation sites is 2. The lowest BCUT2D eigenvalue weighted by Crippen LogP contribution is -2.39. The molecule has 5 heteroatoms. The lowest BCUT2D eigenvalue weighted by Gasteiger charge is -2.19. The Labute approximate surface area is 128 Å². The molecule has 2 aromatic rings. The first kappa shape index (κ1) is 14.4. The third-order valence-electron chi connectivity index (χ3n) is 3.77. The van der Waals surface area contributed by atoms with E-state index in [1.165, 1.54) is 6.07 Å². The number of hydrogen-bond acceptors (Lipinski definition) is 2. The second-order valence-electron chi connectivity index (χ2n) is 5.35. The normalized spacial score (nSPS) is 17.3. The Morgan fingerprint density at radius 2 is 1.82 bits per heavy atom. The highest BCUT2D eigenvalue weighted by Crippen LogP contribution is 2.20. The SMILES string of the molecule is O=C(Nc1ccccc1F)NC1CCN(c2ccccc2)C1. The van der Waals surface area contributed by atoms with Crippen molar-refractivity contribution in [1.82, 2.24) is 5.32 Å². The molecule has 22 heavy (non-hydrogen) atoms. The summed E-state index contributed by atoms with van der Waals surface area (Å²) in [7, 11) is 0. The molecule has 1 unspecified atom stereocenters.